The molecule has 0 aromatic carbocycles. The fourth-order valence-electron chi connectivity index (χ4n) is 1.36. The summed E-state index contributed by atoms with van der Waals surface area (Å²) in [4.78, 5) is 0. The molecule has 0 saturated heterocycles. The van der Waals surface area contributed by atoms with Crippen LogP contribution in [0.2, 0.25) is 0 Å². The van der Waals surface area contributed by atoms with Crippen molar-refractivity contribution in [2.75, 3.05) is 25.6 Å². The minimum atomic E-state index is 0.602. The molecule has 0 aliphatic heterocycles. The van der Waals surface area contributed by atoms with Gasteiger partial charge in [0.15, 0.2) is 0 Å². The number of rotatable bonds is 8. The van der Waals surface area contributed by atoms with Crippen LogP contribution in [-0.4, -0.2) is 46.0 Å². The Bertz CT molecular complexity index is 457. The molecule has 104 valence electrons. The van der Waals surface area contributed by atoms with Gasteiger partial charge in [0, 0.05) is 25.9 Å². The van der Waals surface area contributed by atoms with Crippen LogP contribution in [0.15, 0.2) is 19.3 Å². The summed E-state index contributed by atoms with van der Waals surface area (Å²) in [7, 11) is 0. The average Bonchev–Trinajstić information content (AvgIpc) is 3.06. The lowest BCUT2D eigenvalue weighted by molar-refractivity contribution is 0.402. The number of hydrogen-bond donors (Lipinski definition) is 1. The maximum absolute atomic E-state index is 5.37. The van der Waals surface area contributed by atoms with Crippen molar-refractivity contribution in [3.05, 3.63) is 11.8 Å². The second-order valence-electron chi connectivity index (χ2n) is 3.58. The lowest BCUT2D eigenvalue weighted by atomic mass is 10.4. The zero-order valence-electron chi connectivity index (χ0n) is 10.8. The largest absolute Gasteiger partial charge is 0.416 e. The first-order chi connectivity index (χ1) is 9.31. The van der Waals surface area contributed by atoms with Crippen LogP contribution in [0.25, 0.3) is 0 Å². The molecule has 2 aromatic heterocycles. The van der Waals surface area contributed by atoms with E-state index in [-0.39, 0.29) is 0 Å². The Morgan fingerprint density at radius 3 is 1.68 bits per heavy atom. The Balaban J connectivity index is 1.61. The molecule has 0 bridgehead atoms. The van der Waals surface area contributed by atoms with E-state index in [1.54, 1.807) is 0 Å². The van der Waals surface area contributed by atoms with Crippen molar-refractivity contribution < 1.29 is 8.83 Å². The number of aromatic nitrogens is 4. The van der Waals surface area contributed by atoms with Crippen LogP contribution in [0, 0.1) is 0 Å². The van der Waals surface area contributed by atoms with Crippen LogP contribution in [0.3, 0.4) is 0 Å². The first-order valence-corrected chi connectivity index (χ1v) is 8.20. The lowest BCUT2D eigenvalue weighted by Crippen LogP contribution is -2.20. The Kier molecular flexibility index (Phi) is 5.67. The molecule has 0 saturated carbocycles. The summed E-state index contributed by atoms with van der Waals surface area (Å²) in [5.74, 6) is 1.30. The first-order valence-electron chi connectivity index (χ1n) is 5.75. The summed E-state index contributed by atoms with van der Waals surface area (Å²) in [6.45, 7) is 1.55. The molecule has 9 heteroatoms. The van der Waals surface area contributed by atoms with Gasteiger partial charge in [0.25, 0.3) is 10.4 Å². The molecular formula is C10H15N5O2S2. The van der Waals surface area contributed by atoms with E-state index in [0.29, 0.717) is 35.1 Å². The van der Waals surface area contributed by atoms with E-state index in [2.05, 4.69) is 25.7 Å². The Labute approximate surface area is 119 Å². The zero-order valence-corrected chi connectivity index (χ0v) is 12.4. The predicted molar refractivity (Wildman–Crippen MR) is 72.4 cm³/mol. The molecule has 0 amide bonds. The quantitative estimate of drug-likeness (QED) is 0.571. The lowest BCUT2D eigenvalue weighted by Gasteiger charge is -1.99. The van der Waals surface area contributed by atoms with Crippen LogP contribution >= 0.6 is 23.5 Å². The van der Waals surface area contributed by atoms with Crippen LogP contribution in [0.5, 0.6) is 0 Å². The number of thioether (sulfide) groups is 2. The molecule has 2 aromatic rings. The predicted octanol–water partition coefficient (Wildman–Crippen LogP) is 1.27. The average molecular weight is 301 g/mol. The van der Waals surface area contributed by atoms with Gasteiger partial charge in [-0.3, -0.25) is 0 Å². The minimum absolute atomic E-state index is 0.602. The topological polar surface area (TPSA) is 89.9 Å². The number of nitrogens with one attached hydrogen (secondary N) is 1. The Morgan fingerprint density at radius 1 is 0.842 bits per heavy atom. The van der Waals surface area contributed by atoms with Gasteiger partial charge in [-0.2, -0.15) is 0 Å². The van der Waals surface area contributed by atoms with E-state index in [0.717, 1.165) is 13.1 Å². The molecular weight excluding hydrogens is 286 g/mol. The SMILES string of the molecule is CSc1nnc(CCNCCc2nnc(SC)o2)o1. The third-order valence-corrected chi connectivity index (χ3v) is 3.31. The monoisotopic (exact) mass is 301 g/mol. The van der Waals surface area contributed by atoms with Crippen LogP contribution < -0.4 is 5.32 Å². The van der Waals surface area contributed by atoms with Crippen LogP contribution in [0.4, 0.5) is 0 Å². The molecule has 2 heterocycles. The summed E-state index contributed by atoms with van der Waals surface area (Å²) >= 11 is 2.89. The van der Waals surface area contributed by atoms with E-state index < -0.39 is 0 Å². The van der Waals surface area contributed by atoms with Crippen molar-refractivity contribution in [1.29, 1.82) is 0 Å². The molecule has 7 nitrogen and oxygen atoms in total. The van der Waals surface area contributed by atoms with Gasteiger partial charge in [-0.15, -0.1) is 20.4 Å². The maximum Gasteiger partial charge on any atom is 0.276 e. The van der Waals surface area contributed by atoms with Gasteiger partial charge in [-0.1, -0.05) is 23.5 Å². The summed E-state index contributed by atoms with van der Waals surface area (Å²) in [5.41, 5.74) is 0. The second kappa shape index (κ2) is 7.51. The van der Waals surface area contributed by atoms with Crippen molar-refractivity contribution in [2.24, 2.45) is 0 Å². The molecule has 0 spiro atoms. The fraction of sp³-hybridized carbons (Fsp3) is 0.600. The standard InChI is InChI=1S/C10H15N5O2S2/c1-18-9-14-12-7(16-9)3-5-11-6-4-8-13-15-10(17-8)19-2/h11H,3-6H2,1-2H3. The van der Waals surface area contributed by atoms with Crippen molar-refractivity contribution in [1.82, 2.24) is 25.7 Å². The number of nitrogens with zero attached hydrogens (tertiary/aromatic N) is 4. The molecule has 0 atom stereocenters. The summed E-state index contributed by atoms with van der Waals surface area (Å²) in [5, 5.41) is 20.1. The third kappa shape index (κ3) is 4.51. The molecule has 0 radical (unpaired) electrons. The van der Waals surface area contributed by atoms with Gasteiger partial charge in [0.1, 0.15) is 0 Å². The Morgan fingerprint density at radius 2 is 1.32 bits per heavy atom. The molecule has 1 N–H and O–H groups in total. The van der Waals surface area contributed by atoms with Crippen molar-refractivity contribution >= 4 is 23.5 Å². The van der Waals surface area contributed by atoms with E-state index >= 15 is 0 Å². The highest BCUT2D eigenvalue weighted by Gasteiger charge is 2.05. The normalized spacial score (nSPS) is 11.1. The van der Waals surface area contributed by atoms with E-state index in [4.69, 9.17) is 8.83 Å². The van der Waals surface area contributed by atoms with Crippen molar-refractivity contribution in [3.8, 4) is 0 Å². The summed E-state index contributed by atoms with van der Waals surface area (Å²) < 4.78 is 10.7. The van der Waals surface area contributed by atoms with Crippen LogP contribution in [0.1, 0.15) is 11.8 Å². The van der Waals surface area contributed by atoms with Crippen molar-refractivity contribution in [3.63, 3.8) is 0 Å². The molecule has 19 heavy (non-hydrogen) atoms. The van der Waals surface area contributed by atoms with Gasteiger partial charge < -0.3 is 14.2 Å². The van der Waals surface area contributed by atoms with E-state index in [1.807, 2.05) is 12.5 Å². The zero-order chi connectivity index (χ0) is 13.5. The molecule has 0 aliphatic carbocycles. The van der Waals surface area contributed by atoms with Crippen molar-refractivity contribution in [2.45, 2.75) is 23.3 Å². The molecule has 2 rings (SSSR count). The Hall–Kier alpha value is -1.06. The highest BCUT2D eigenvalue weighted by atomic mass is 32.2. The third-order valence-electron chi connectivity index (χ3n) is 2.28. The van der Waals surface area contributed by atoms with Gasteiger partial charge >= 0.3 is 0 Å². The summed E-state index contributed by atoms with van der Waals surface area (Å²) in [6, 6.07) is 0. The van der Waals surface area contributed by atoms with Crippen LogP contribution in [-0.2, 0) is 12.8 Å². The second-order valence-corrected chi connectivity index (χ2v) is 5.10. The highest BCUT2D eigenvalue weighted by Crippen LogP contribution is 2.12. The maximum atomic E-state index is 5.37. The molecule has 0 unspecified atom stereocenters. The van der Waals surface area contributed by atoms with Gasteiger partial charge in [0.05, 0.1) is 0 Å². The summed E-state index contributed by atoms with van der Waals surface area (Å²) in [6.07, 6.45) is 5.24. The van der Waals surface area contributed by atoms with Gasteiger partial charge in [-0.05, 0) is 12.5 Å². The van der Waals surface area contributed by atoms with Gasteiger partial charge in [-0.25, -0.2) is 0 Å². The molecule has 0 aliphatic rings. The molecule has 0 fully saturated rings. The highest BCUT2D eigenvalue weighted by molar-refractivity contribution is 7.98. The van der Waals surface area contributed by atoms with E-state index in [1.165, 1.54) is 23.5 Å². The number of hydrogen-bond acceptors (Lipinski definition) is 9. The van der Waals surface area contributed by atoms with E-state index in [9.17, 15) is 0 Å². The minimum Gasteiger partial charge on any atom is -0.416 e. The smallest absolute Gasteiger partial charge is 0.276 e. The fourth-order valence-corrected chi connectivity index (χ4v) is 1.96. The first kappa shape index (κ1) is 14.4. The van der Waals surface area contributed by atoms with Gasteiger partial charge in [0.2, 0.25) is 11.8 Å².